The largest absolute Gasteiger partial charge is 0.395 e. The first kappa shape index (κ1) is 14.5. The van der Waals surface area contributed by atoms with E-state index in [-0.39, 0.29) is 19.7 Å². The average Bonchev–Trinajstić information content (AvgIpc) is 2.65. The molecular formula is C11H18F2N2OS. The molecule has 0 unspecified atom stereocenters. The van der Waals surface area contributed by atoms with Gasteiger partial charge in [0.15, 0.2) is 0 Å². The van der Waals surface area contributed by atoms with Crippen molar-refractivity contribution in [1.82, 2.24) is 9.88 Å². The van der Waals surface area contributed by atoms with Crippen molar-refractivity contribution in [3.8, 4) is 0 Å². The summed E-state index contributed by atoms with van der Waals surface area (Å²) in [5, 5.41) is 11.8. The van der Waals surface area contributed by atoms with E-state index in [2.05, 4.69) is 11.9 Å². The number of halogens is 2. The SMILES string of the molecule is CCCc1nc(CN(CCO)CC(F)F)cs1. The van der Waals surface area contributed by atoms with Crippen LogP contribution >= 0.6 is 11.3 Å². The molecule has 0 saturated heterocycles. The van der Waals surface area contributed by atoms with Crippen molar-refractivity contribution >= 4 is 11.3 Å². The maximum Gasteiger partial charge on any atom is 0.251 e. The maximum atomic E-state index is 12.3. The predicted molar refractivity (Wildman–Crippen MR) is 64.5 cm³/mol. The van der Waals surface area contributed by atoms with Gasteiger partial charge >= 0.3 is 0 Å². The third-order valence-electron chi connectivity index (χ3n) is 2.26. The molecule has 0 atom stereocenters. The second-order valence-electron chi connectivity index (χ2n) is 3.83. The van der Waals surface area contributed by atoms with Crippen LogP contribution in [0.4, 0.5) is 8.78 Å². The molecule has 1 aromatic heterocycles. The van der Waals surface area contributed by atoms with Crippen molar-refractivity contribution in [3.05, 3.63) is 16.1 Å². The van der Waals surface area contributed by atoms with Crippen LogP contribution in [0.1, 0.15) is 24.0 Å². The molecule has 3 nitrogen and oxygen atoms in total. The van der Waals surface area contributed by atoms with E-state index in [1.807, 2.05) is 5.38 Å². The van der Waals surface area contributed by atoms with E-state index in [0.717, 1.165) is 23.5 Å². The Morgan fingerprint density at radius 1 is 1.53 bits per heavy atom. The highest BCUT2D eigenvalue weighted by Crippen LogP contribution is 2.14. The Labute approximate surface area is 104 Å². The van der Waals surface area contributed by atoms with Gasteiger partial charge in [0.2, 0.25) is 0 Å². The molecular weight excluding hydrogens is 246 g/mol. The summed E-state index contributed by atoms with van der Waals surface area (Å²) in [6, 6.07) is 0. The number of hydrogen-bond donors (Lipinski definition) is 1. The van der Waals surface area contributed by atoms with Crippen molar-refractivity contribution in [3.63, 3.8) is 0 Å². The van der Waals surface area contributed by atoms with Gasteiger partial charge in [0, 0.05) is 18.5 Å². The molecule has 17 heavy (non-hydrogen) atoms. The van der Waals surface area contributed by atoms with Gasteiger partial charge in [-0.3, -0.25) is 4.90 Å². The van der Waals surface area contributed by atoms with E-state index >= 15 is 0 Å². The Hall–Kier alpha value is -0.590. The Morgan fingerprint density at radius 3 is 2.88 bits per heavy atom. The molecule has 0 aromatic carbocycles. The fourth-order valence-electron chi connectivity index (χ4n) is 1.55. The minimum atomic E-state index is -2.38. The van der Waals surface area contributed by atoms with Crippen molar-refractivity contribution in [2.24, 2.45) is 0 Å². The van der Waals surface area contributed by atoms with Crippen LogP contribution in [0.15, 0.2) is 5.38 Å². The van der Waals surface area contributed by atoms with Crippen molar-refractivity contribution in [2.45, 2.75) is 32.7 Å². The summed E-state index contributed by atoms with van der Waals surface area (Å²) in [6.45, 7) is 2.28. The lowest BCUT2D eigenvalue weighted by Crippen LogP contribution is -2.31. The molecule has 0 fully saturated rings. The first-order chi connectivity index (χ1) is 8.15. The van der Waals surface area contributed by atoms with Crippen LogP contribution in [-0.2, 0) is 13.0 Å². The van der Waals surface area contributed by atoms with Gasteiger partial charge in [-0.1, -0.05) is 6.92 Å². The summed E-state index contributed by atoms with van der Waals surface area (Å²) in [6.07, 6.45) is -0.417. The third kappa shape index (κ3) is 5.52. The summed E-state index contributed by atoms with van der Waals surface area (Å²) in [4.78, 5) is 5.90. The topological polar surface area (TPSA) is 36.4 Å². The lowest BCUT2D eigenvalue weighted by Gasteiger charge is -2.19. The molecule has 6 heteroatoms. The summed E-state index contributed by atoms with van der Waals surface area (Å²) >= 11 is 1.57. The molecule has 1 heterocycles. The molecule has 0 aliphatic rings. The molecule has 1 N–H and O–H groups in total. The monoisotopic (exact) mass is 264 g/mol. The number of hydrogen-bond acceptors (Lipinski definition) is 4. The zero-order valence-corrected chi connectivity index (χ0v) is 10.7. The van der Waals surface area contributed by atoms with Crippen LogP contribution < -0.4 is 0 Å². The zero-order valence-electron chi connectivity index (χ0n) is 9.90. The van der Waals surface area contributed by atoms with E-state index in [1.165, 1.54) is 4.90 Å². The van der Waals surface area contributed by atoms with Gasteiger partial charge in [0.1, 0.15) is 0 Å². The van der Waals surface area contributed by atoms with Gasteiger partial charge in [-0.15, -0.1) is 11.3 Å². The van der Waals surface area contributed by atoms with Crippen molar-refractivity contribution < 1.29 is 13.9 Å². The Morgan fingerprint density at radius 2 is 2.29 bits per heavy atom. The van der Waals surface area contributed by atoms with Gasteiger partial charge in [0.05, 0.1) is 23.9 Å². The normalized spacial score (nSPS) is 11.6. The van der Waals surface area contributed by atoms with E-state index < -0.39 is 6.43 Å². The van der Waals surface area contributed by atoms with Crippen LogP contribution in [0.2, 0.25) is 0 Å². The molecule has 0 bridgehead atoms. The molecule has 1 rings (SSSR count). The standard InChI is InChI=1S/C11H18F2N2OS/c1-2-3-11-14-9(8-17-11)6-15(4-5-16)7-10(12)13/h8,10,16H,2-7H2,1H3. The molecule has 98 valence electrons. The molecule has 0 spiro atoms. The molecule has 0 radical (unpaired) electrons. The second kappa shape index (κ2) is 7.68. The fourth-order valence-corrected chi connectivity index (χ4v) is 2.44. The minimum Gasteiger partial charge on any atom is -0.395 e. The number of thiazole rings is 1. The zero-order chi connectivity index (χ0) is 12.7. The van der Waals surface area contributed by atoms with Crippen molar-refractivity contribution in [1.29, 1.82) is 0 Å². The smallest absolute Gasteiger partial charge is 0.251 e. The quantitative estimate of drug-likeness (QED) is 0.781. The average molecular weight is 264 g/mol. The Bertz CT molecular complexity index is 320. The van der Waals surface area contributed by atoms with Crippen LogP contribution in [0.25, 0.3) is 0 Å². The van der Waals surface area contributed by atoms with Crippen molar-refractivity contribution in [2.75, 3.05) is 19.7 Å². The Kier molecular flexibility index (Phi) is 6.54. The number of rotatable bonds is 8. The van der Waals surface area contributed by atoms with E-state index in [1.54, 1.807) is 11.3 Å². The van der Waals surface area contributed by atoms with Crippen LogP contribution in [0.5, 0.6) is 0 Å². The lowest BCUT2D eigenvalue weighted by molar-refractivity contribution is 0.0741. The summed E-state index contributed by atoms with van der Waals surface area (Å²) in [7, 11) is 0. The van der Waals surface area contributed by atoms with Gasteiger partial charge in [-0.25, -0.2) is 13.8 Å². The molecule has 1 aromatic rings. The Balaban J connectivity index is 2.52. The molecule has 0 saturated carbocycles. The van der Waals surface area contributed by atoms with Crippen LogP contribution in [0, 0.1) is 0 Å². The minimum absolute atomic E-state index is 0.112. The summed E-state index contributed by atoms with van der Waals surface area (Å²) < 4.78 is 24.6. The number of aliphatic hydroxyl groups excluding tert-OH is 1. The highest BCUT2D eigenvalue weighted by molar-refractivity contribution is 7.09. The number of aryl methyl sites for hydroxylation is 1. The predicted octanol–water partition coefficient (Wildman–Crippen LogP) is 2.16. The number of alkyl halides is 2. The highest BCUT2D eigenvalue weighted by Gasteiger charge is 2.13. The second-order valence-corrected chi connectivity index (χ2v) is 4.78. The lowest BCUT2D eigenvalue weighted by atomic mass is 10.3. The van der Waals surface area contributed by atoms with Crippen LogP contribution in [0.3, 0.4) is 0 Å². The van der Waals surface area contributed by atoms with E-state index in [4.69, 9.17) is 5.11 Å². The van der Waals surface area contributed by atoms with Crippen LogP contribution in [-0.4, -0.2) is 41.1 Å². The van der Waals surface area contributed by atoms with Gasteiger partial charge in [-0.05, 0) is 12.8 Å². The molecule has 0 aliphatic carbocycles. The number of aliphatic hydroxyl groups is 1. The summed E-state index contributed by atoms with van der Waals surface area (Å²) in [5.41, 5.74) is 0.813. The molecule has 0 amide bonds. The van der Waals surface area contributed by atoms with E-state index in [9.17, 15) is 8.78 Å². The number of aromatic nitrogens is 1. The van der Waals surface area contributed by atoms with Gasteiger partial charge < -0.3 is 5.11 Å². The number of nitrogens with zero attached hydrogens (tertiary/aromatic N) is 2. The first-order valence-corrected chi connectivity index (χ1v) is 6.58. The third-order valence-corrected chi connectivity index (χ3v) is 3.22. The first-order valence-electron chi connectivity index (χ1n) is 5.70. The maximum absolute atomic E-state index is 12.3. The fraction of sp³-hybridized carbons (Fsp3) is 0.727. The molecule has 0 aliphatic heterocycles. The van der Waals surface area contributed by atoms with Gasteiger partial charge in [0.25, 0.3) is 6.43 Å². The van der Waals surface area contributed by atoms with Gasteiger partial charge in [-0.2, -0.15) is 0 Å². The highest BCUT2D eigenvalue weighted by atomic mass is 32.1. The van der Waals surface area contributed by atoms with E-state index in [0.29, 0.717) is 6.54 Å². The summed E-state index contributed by atoms with van der Waals surface area (Å²) in [5.74, 6) is 0.